The van der Waals surface area contributed by atoms with Gasteiger partial charge in [-0.3, -0.25) is 5.32 Å². The average Bonchev–Trinajstić information content (AvgIpc) is 2.47. The van der Waals surface area contributed by atoms with Crippen molar-refractivity contribution in [3.63, 3.8) is 0 Å². The van der Waals surface area contributed by atoms with Crippen LogP contribution in [-0.4, -0.2) is 39.2 Å². The summed E-state index contributed by atoms with van der Waals surface area (Å²) in [5, 5.41) is 2.35. The first-order valence-electron chi connectivity index (χ1n) is 6.60. The fraction of sp³-hybridized carbons (Fsp3) is 0.429. The van der Waals surface area contributed by atoms with E-state index in [-0.39, 0.29) is 37.0 Å². The van der Waals surface area contributed by atoms with Crippen molar-refractivity contribution >= 4 is 17.7 Å². The number of halogens is 1. The van der Waals surface area contributed by atoms with Crippen LogP contribution in [0.1, 0.15) is 24.2 Å². The van der Waals surface area contributed by atoms with Crippen LogP contribution in [0.15, 0.2) is 12.1 Å². The third kappa shape index (κ3) is 4.59. The van der Waals surface area contributed by atoms with Gasteiger partial charge in [-0.15, -0.1) is 0 Å². The number of carbonyl (C=O) groups excluding carboxylic acids is 2. The second-order valence-corrected chi connectivity index (χ2v) is 3.92. The monoisotopic (exact) mass is 315 g/mol. The number of methoxy groups -OCH3 is 1. The minimum atomic E-state index is -0.833. The molecular weight excluding hydrogens is 297 g/mol. The number of esters is 1. The average molecular weight is 315 g/mol. The second-order valence-electron chi connectivity index (χ2n) is 3.92. The number of hydrogen-bond acceptors (Lipinski definition) is 6. The van der Waals surface area contributed by atoms with Crippen LogP contribution < -0.4 is 10.1 Å². The molecule has 0 aliphatic carbocycles. The summed E-state index contributed by atoms with van der Waals surface area (Å²) in [4.78, 5) is 23.5. The van der Waals surface area contributed by atoms with E-state index in [2.05, 4.69) is 5.32 Å². The Morgan fingerprint density at radius 2 is 1.86 bits per heavy atom. The summed E-state index contributed by atoms with van der Waals surface area (Å²) >= 11 is 0. The lowest BCUT2D eigenvalue weighted by molar-refractivity contribution is 0.0419. The van der Waals surface area contributed by atoms with Gasteiger partial charge in [0.25, 0.3) is 0 Å². The molecule has 0 bridgehead atoms. The van der Waals surface area contributed by atoms with Crippen molar-refractivity contribution in [2.24, 2.45) is 0 Å². The quantitative estimate of drug-likeness (QED) is 0.615. The van der Waals surface area contributed by atoms with Crippen molar-refractivity contribution in [1.82, 2.24) is 0 Å². The molecule has 1 aromatic rings. The Bertz CT molecular complexity index is 534. The highest BCUT2D eigenvalue weighted by Crippen LogP contribution is 2.31. The van der Waals surface area contributed by atoms with Crippen molar-refractivity contribution in [1.29, 1.82) is 0 Å². The molecule has 7 nitrogen and oxygen atoms in total. The number of nitrogens with one attached hydrogen (secondary N) is 1. The fourth-order valence-corrected chi connectivity index (χ4v) is 1.60. The molecule has 1 aromatic carbocycles. The summed E-state index contributed by atoms with van der Waals surface area (Å²) in [7, 11) is 1.35. The van der Waals surface area contributed by atoms with Crippen LogP contribution in [0.3, 0.4) is 0 Å². The highest BCUT2D eigenvalue weighted by molar-refractivity contribution is 6.02. The van der Waals surface area contributed by atoms with E-state index in [4.69, 9.17) is 18.9 Å². The van der Waals surface area contributed by atoms with Crippen molar-refractivity contribution in [2.45, 2.75) is 13.8 Å². The predicted molar refractivity (Wildman–Crippen MR) is 75.5 cm³/mol. The molecule has 0 heterocycles. The molecular formula is C14H18FNO6. The van der Waals surface area contributed by atoms with Gasteiger partial charge in [0.1, 0.15) is 5.56 Å². The predicted octanol–water partition coefficient (Wildman–Crippen LogP) is 2.55. The normalized spacial score (nSPS) is 10.0. The van der Waals surface area contributed by atoms with Crippen LogP contribution in [0.5, 0.6) is 5.75 Å². The lowest BCUT2D eigenvalue weighted by Gasteiger charge is -2.15. The number of benzene rings is 1. The van der Waals surface area contributed by atoms with E-state index in [1.165, 1.54) is 13.2 Å². The molecule has 0 unspecified atom stereocenters. The number of rotatable bonds is 7. The van der Waals surface area contributed by atoms with Crippen LogP contribution >= 0.6 is 0 Å². The zero-order valence-corrected chi connectivity index (χ0v) is 12.6. The van der Waals surface area contributed by atoms with Gasteiger partial charge < -0.3 is 18.9 Å². The zero-order valence-electron chi connectivity index (χ0n) is 12.6. The van der Waals surface area contributed by atoms with E-state index in [1.54, 1.807) is 13.8 Å². The van der Waals surface area contributed by atoms with Gasteiger partial charge in [-0.1, -0.05) is 0 Å². The molecule has 0 atom stereocenters. The largest absolute Gasteiger partial charge is 0.463 e. The van der Waals surface area contributed by atoms with Gasteiger partial charge in [-0.2, -0.15) is 0 Å². The molecule has 8 heteroatoms. The molecule has 122 valence electrons. The molecule has 1 rings (SSSR count). The number of anilines is 1. The molecule has 22 heavy (non-hydrogen) atoms. The summed E-state index contributed by atoms with van der Waals surface area (Å²) in [6, 6.07) is 2.27. The summed E-state index contributed by atoms with van der Waals surface area (Å²) in [6.45, 7) is 3.19. The van der Waals surface area contributed by atoms with Crippen molar-refractivity contribution in [3.05, 3.63) is 23.5 Å². The molecule has 0 fully saturated rings. The number of amides is 1. The van der Waals surface area contributed by atoms with Crippen molar-refractivity contribution < 1.29 is 32.9 Å². The van der Waals surface area contributed by atoms with Crippen LogP contribution in [0, 0.1) is 5.82 Å². The van der Waals surface area contributed by atoms with Crippen LogP contribution in [-0.2, 0) is 14.2 Å². The van der Waals surface area contributed by atoms with Gasteiger partial charge in [0.05, 0.1) is 18.9 Å². The van der Waals surface area contributed by atoms with Crippen molar-refractivity contribution in [2.75, 3.05) is 32.4 Å². The van der Waals surface area contributed by atoms with E-state index in [9.17, 15) is 14.0 Å². The molecule has 0 spiro atoms. The molecule has 0 radical (unpaired) electrons. The van der Waals surface area contributed by atoms with E-state index >= 15 is 0 Å². The Hall–Kier alpha value is -2.35. The number of carbonyl (C=O) groups is 2. The maximum absolute atomic E-state index is 13.9. The van der Waals surface area contributed by atoms with Gasteiger partial charge in [0.2, 0.25) is 0 Å². The van der Waals surface area contributed by atoms with Gasteiger partial charge in [0, 0.05) is 7.11 Å². The first-order valence-corrected chi connectivity index (χ1v) is 6.60. The van der Waals surface area contributed by atoms with E-state index < -0.39 is 17.9 Å². The second kappa shape index (κ2) is 8.83. The summed E-state index contributed by atoms with van der Waals surface area (Å²) in [5.41, 5.74) is -0.226. The highest BCUT2D eigenvalue weighted by Gasteiger charge is 2.24. The Labute approximate surface area is 127 Å². The lowest BCUT2D eigenvalue weighted by Crippen LogP contribution is -2.18. The Kier molecular flexibility index (Phi) is 7.11. The zero-order chi connectivity index (χ0) is 16.5. The van der Waals surface area contributed by atoms with Gasteiger partial charge in [0.15, 0.2) is 18.4 Å². The Morgan fingerprint density at radius 1 is 1.18 bits per heavy atom. The maximum atomic E-state index is 13.9. The topological polar surface area (TPSA) is 83.1 Å². The summed E-state index contributed by atoms with van der Waals surface area (Å²) in [5.74, 6) is -1.98. The third-order valence-electron chi connectivity index (χ3n) is 2.42. The molecule has 1 N–H and O–H groups in total. The first kappa shape index (κ1) is 17.7. The van der Waals surface area contributed by atoms with E-state index in [1.807, 2.05) is 0 Å². The minimum Gasteiger partial charge on any atom is -0.463 e. The van der Waals surface area contributed by atoms with Crippen LogP contribution in [0.2, 0.25) is 0 Å². The smallest absolute Gasteiger partial charge is 0.411 e. The maximum Gasteiger partial charge on any atom is 0.411 e. The van der Waals surface area contributed by atoms with Gasteiger partial charge >= 0.3 is 12.1 Å². The fourth-order valence-electron chi connectivity index (χ4n) is 1.60. The molecule has 0 aromatic heterocycles. The minimum absolute atomic E-state index is 0.0180. The lowest BCUT2D eigenvalue weighted by atomic mass is 10.1. The Balaban J connectivity index is 3.23. The van der Waals surface area contributed by atoms with Gasteiger partial charge in [-0.05, 0) is 26.0 Å². The van der Waals surface area contributed by atoms with Crippen LogP contribution in [0.25, 0.3) is 0 Å². The SMILES string of the molecule is CCOC(=O)Nc1ccc(F)c(OCOC)c1C(=O)OCC. The summed E-state index contributed by atoms with van der Waals surface area (Å²) in [6.07, 6.45) is -0.780. The number of ether oxygens (including phenoxy) is 4. The molecule has 0 saturated carbocycles. The molecule has 0 aliphatic rings. The number of hydrogen-bond donors (Lipinski definition) is 1. The van der Waals surface area contributed by atoms with Gasteiger partial charge in [-0.25, -0.2) is 14.0 Å². The molecule has 0 aliphatic heterocycles. The first-order chi connectivity index (χ1) is 10.5. The molecule has 1 amide bonds. The summed E-state index contributed by atoms with van der Waals surface area (Å²) < 4.78 is 33.3. The van der Waals surface area contributed by atoms with Crippen molar-refractivity contribution in [3.8, 4) is 5.75 Å². The highest BCUT2D eigenvalue weighted by atomic mass is 19.1. The van der Waals surface area contributed by atoms with E-state index in [0.717, 1.165) is 6.07 Å². The van der Waals surface area contributed by atoms with E-state index in [0.29, 0.717) is 0 Å². The third-order valence-corrected chi connectivity index (χ3v) is 2.42. The molecule has 0 saturated heterocycles. The Morgan fingerprint density at radius 3 is 2.45 bits per heavy atom. The standard InChI is InChI=1S/C14H18FNO6/c1-4-20-13(17)11-10(16-14(18)21-5-2)7-6-9(15)12(11)22-8-19-3/h6-7H,4-5,8H2,1-3H3,(H,16,18). The van der Waals surface area contributed by atoms with Crippen LogP contribution in [0.4, 0.5) is 14.9 Å².